The van der Waals surface area contributed by atoms with E-state index in [1.165, 1.54) is 0 Å². The number of nitrogens with one attached hydrogen (secondary N) is 2. The highest BCUT2D eigenvalue weighted by Gasteiger charge is 2.02. The monoisotopic (exact) mass is 403 g/mol. The van der Waals surface area contributed by atoms with Gasteiger partial charge in [0, 0.05) is 44.9 Å². The molecule has 0 aliphatic rings. The third-order valence-electron chi connectivity index (χ3n) is 3.83. The normalized spacial score (nSPS) is 11.7. The van der Waals surface area contributed by atoms with E-state index in [1.54, 1.807) is 13.3 Å². The molecule has 0 saturated heterocycles. The van der Waals surface area contributed by atoms with Gasteiger partial charge in [0.1, 0.15) is 5.75 Å². The molecule has 0 aliphatic carbocycles. The smallest absolute Gasteiger partial charge is 0.195 e. The van der Waals surface area contributed by atoms with Crippen LogP contribution in [0.1, 0.15) is 20.3 Å². The van der Waals surface area contributed by atoms with Crippen molar-refractivity contribution in [2.45, 2.75) is 32.9 Å². The third kappa shape index (κ3) is 9.96. The second kappa shape index (κ2) is 13.6. The van der Waals surface area contributed by atoms with Gasteiger partial charge in [-0.15, -0.1) is 0 Å². The molecule has 1 aromatic heterocycles. The minimum atomic E-state index is 0.154. The quantitative estimate of drug-likeness (QED) is 0.304. The van der Waals surface area contributed by atoms with Crippen molar-refractivity contribution < 1.29 is 14.2 Å². The molecule has 1 aromatic carbocycles. The lowest BCUT2D eigenvalue weighted by atomic mass is 10.3. The highest BCUT2D eigenvalue weighted by molar-refractivity contribution is 5.93. The van der Waals surface area contributed by atoms with E-state index in [0.717, 1.165) is 30.4 Å². The van der Waals surface area contributed by atoms with Gasteiger partial charge in [0.25, 0.3) is 0 Å². The van der Waals surface area contributed by atoms with Crippen LogP contribution in [0.5, 0.6) is 5.75 Å². The molecule has 2 aromatic rings. The minimum absolute atomic E-state index is 0.154. The molecule has 160 valence electrons. The first-order chi connectivity index (χ1) is 14.2. The Morgan fingerprint density at radius 1 is 1.17 bits per heavy atom. The molecular formula is C21H33N5O3. The van der Waals surface area contributed by atoms with Crippen LogP contribution in [0.15, 0.2) is 47.7 Å². The summed E-state index contributed by atoms with van der Waals surface area (Å²) in [5.41, 5.74) is 0.947. The Kier molecular flexibility index (Phi) is 10.6. The molecule has 8 nitrogen and oxygen atoms in total. The van der Waals surface area contributed by atoms with Gasteiger partial charge in [-0.05, 0) is 50.6 Å². The molecule has 0 atom stereocenters. The van der Waals surface area contributed by atoms with Crippen LogP contribution < -0.4 is 15.4 Å². The lowest BCUT2D eigenvalue weighted by molar-refractivity contribution is 0.0702. The molecule has 1 heterocycles. The Morgan fingerprint density at radius 2 is 2.00 bits per heavy atom. The van der Waals surface area contributed by atoms with Crippen molar-refractivity contribution >= 4 is 11.6 Å². The van der Waals surface area contributed by atoms with Gasteiger partial charge >= 0.3 is 0 Å². The number of nitrogens with zero attached hydrogens (tertiary/aromatic N) is 3. The number of methoxy groups -OCH3 is 1. The fraction of sp³-hybridized carbons (Fsp3) is 0.524. The maximum absolute atomic E-state index is 5.69. The summed E-state index contributed by atoms with van der Waals surface area (Å²) in [6.07, 6.45) is 4.71. The molecular weight excluding hydrogens is 370 g/mol. The van der Waals surface area contributed by atoms with Crippen molar-refractivity contribution in [2.24, 2.45) is 4.99 Å². The summed E-state index contributed by atoms with van der Waals surface area (Å²) in [4.78, 5) is 4.65. The Morgan fingerprint density at radius 3 is 2.69 bits per heavy atom. The number of hydrogen-bond acceptors (Lipinski definition) is 5. The fourth-order valence-corrected chi connectivity index (χ4v) is 2.49. The number of guanidine groups is 1. The SMILES string of the molecule is COCCOCCCN=C(NCCn1cccn1)Nc1ccc(OC(C)C)cc1. The lowest BCUT2D eigenvalue weighted by Crippen LogP contribution is -2.33. The molecule has 0 fully saturated rings. The largest absolute Gasteiger partial charge is 0.491 e. The standard InChI is InChI=1S/C21H33N5O3/c1-18(2)29-20-8-6-19(7-9-20)25-21(22-10-5-15-28-17-16-27-3)23-12-14-26-13-4-11-24-26/h4,6-9,11,13,18H,5,10,12,14-17H2,1-3H3,(H2,22,23,25). The number of aromatic nitrogens is 2. The van der Waals surface area contributed by atoms with Gasteiger partial charge in [0.05, 0.1) is 25.9 Å². The predicted octanol–water partition coefficient (Wildman–Crippen LogP) is 2.78. The van der Waals surface area contributed by atoms with Gasteiger partial charge in [-0.1, -0.05) is 0 Å². The Labute approximate surface area is 173 Å². The van der Waals surface area contributed by atoms with Gasteiger partial charge in [-0.25, -0.2) is 0 Å². The molecule has 8 heteroatoms. The van der Waals surface area contributed by atoms with Crippen molar-refractivity contribution in [2.75, 3.05) is 45.3 Å². The van der Waals surface area contributed by atoms with Gasteiger partial charge < -0.3 is 24.8 Å². The first-order valence-electron chi connectivity index (χ1n) is 10.0. The summed E-state index contributed by atoms with van der Waals surface area (Å²) in [5, 5.41) is 10.9. The van der Waals surface area contributed by atoms with Gasteiger partial charge in [-0.2, -0.15) is 5.10 Å². The number of hydrogen-bond donors (Lipinski definition) is 2. The van der Waals surface area contributed by atoms with E-state index in [9.17, 15) is 0 Å². The maximum Gasteiger partial charge on any atom is 0.195 e. The Balaban J connectivity index is 1.85. The zero-order valence-electron chi connectivity index (χ0n) is 17.6. The molecule has 0 radical (unpaired) electrons. The van der Waals surface area contributed by atoms with Crippen LogP contribution in [-0.2, 0) is 16.0 Å². The van der Waals surface area contributed by atoms with Crippen molar-refractivity contribution in [3.05, 3.63) is 42.7 Å². The van der Waals surface area contributed by atoms with Crippen molar-refractivity contribution in [1.82, 2.24) is 15.1 Å². The summed E-state index contributed by atoms with van der Waals surface area (Å²) in [5.74, 6) is 1.58. The molecule has 2 N–H and O–H groups in total. The summed E-state index contributed by atoms with van der Waals surface area (Å²) < 4.78 is 18.0. The van der Waals surface area contributed by atoms with Crippen molar-refractivity contribution in [3.63, 3.8) is 0 Å². The molecule has 0 bridgehead atoms. The zero-order valence-corrected chi connectivity index (χ0v) is 17.6. The number of aliphatic imine (C=N–C) groups is 1. The molecule has 0 saturated carbocycles. The molecule has 0 amide bonds. The van der Waals surface area contributed by atoms with Crippen molar-refractivity contribution in [3.8, 4) is 5.75 Å². The number of benzene rings is 1. The molecule has 0 unspecified atom stereocenters. The number of anilines is 1. The minimum Gasteiger partial charge on any atom is -0.491 e. The molecule has 29 heavy (non-hydrogen) atoms. The van der Waals surface area contributed by atoms with Crippen LogP contribution in [0, 0.1) is 0 Å². The fourth-order valence-electron chi connectivity index (χ4n) is 2.49. The summed E-state index contributed by atoms with van der Waals surface area (Å²) in [7, 11) is 1.67. The van der Waals surface area contributed by atoms with Crippen LogP contribution in [-0.4, -0.2) is 61.9 Å². The Bertz CT molecular complexity index is 687. The second-order valence-electron chi connectivity index (χ2n) is 6.70. The van der Waals surface area contributed by atoms with Gasteiger partial charge in [-0.3, -0.25) is 9.67 Å². The lowest BCUT2D eigenvalue weighted by Gasteiger charge is -2.14. The van der Waals surface area contributed by atoms with E-state index >= 15 is 0 Å². The maximum atomic E-state index is 5.69. The predicted molar refractivity (Wildman–Crippen MR) is 116 cm³/mol. The molecule has 0 spiro atoms. The first kappa shape index (κ1) is 22.7. The number of rotatable bonds is 13. The van der Waals surface area contributed by atoms with Crippen LogP contribution in [0.4, 0.5) is 5.69 Å². The van der Waals surface area contributed by atoms with E-state index < -0.39 is 0 Å². The van der Waals surface area contributed by atoms with Crippen molar-refractivity contribution in [1.29, 1.82) is 0 Å². The summed E-state index contributed by atoms with van der Waals surface area (Å²) in [6.45, 7) is 8.05. The highest BCUT2D eigenvalue weighted by atomic mass is 16.5. The van der Waals surface area contributed by atoms with Gasteiger partial charge in [0.15, 0.2) is 5.96 Å². The zero-order chi connectivity index (χ0) is 20.7. The average Bonchev–Trinajstić information content (AvgIpc) is 3.21. The van der Waals surface area contributed by atoms with E-state index in [4.69, 9.17) is 14.2 Å². The third-order valence-corrected chi connectivity index (χ3v) is 3.83. The average molecular weight is 404 g/mol. The van der Waals surface area contributed by atoms with Crippen LogP contribution in [0.25, 0.3) is 0 Å². The highest BCUT2D eigenvalue weighted by Crippen LogP contribution is 2.16. The van der Waals surface area contributed by atoms with E-state index in [2.05, 4.69) is 20.7 Å². The van der Waals surface area contributed by atoms with Crippen LogP contribution in [0.3, 0.4) is 0 Å². The van der Waals surface area contributed by atoms with Gasteiger partial charge in [0.2, 0.25) is 0 Å². The summed E-state index contributed by atoms with van der Waals surface area (Å²) >= 11 is 0. The number of ether oxygens (including phenoxy) is 3. The van der Waals surface area contributed by atoms with Crippen LogP contribution in [0.2, 0.25) is 0 Å². The summed E-state index contributed by atoms with van der Waals surface area (Å²) in [6, 6.07) is 9.78. The van der Waals surface area contributed by atoms with E-state index in [-0.39, 0.29) is 6.10 Å². The van der Waals surface area contributed by atoms with E-state index in [1.807, 2.05) is 55.1 Å². The molecule has 2 rings (SSSR count). The first-order valence-corrected chi connectivity index (χ1v) is 10.0. The van der Waals surface area contributed by atoms with E-state index in [0.29, 0.717) is 32.9 Å². The van der Waals surface area contributed by atoms with Crippen LogP contribution >= 0.6 is 0 Å². The Hall–Kier alpha value is -2.58. The topological polar surface area (TPSA) is 81.9 Å². The second-order valence-corrected chi connectivity index (χ2v) is 6.70. The molecule has 0 aliphatic heterocycles.